The maximum atomic E-state index is 12.3. The van der Waals surface area contributed by atoms with Gasteiger partial charge in [0.25, 0.3) is 0 Å². The Hall–Kier alpha value is -2.67. The zero-order valence-electron chi connectivity index (χ0n) is 15.2. The largest absolute Gasteiger partial charge is 0.347 e. The molecule has 0 unspecified atom stereocenters. The van der Waals surface area contributed by atoms with Gasteiger partial charge in [0.15, 0.2) is 0 Å². The zero-order valence-corrected chi connectivity index (χ0v) is 16.0. The molecule has 2 aromatic rings. The van der Waals surface area contributed by atoms with Gasteiger partial charge in [-0.25, -0.2) is 0 Å². The Kier molecular flexibility index (Phi) is 5.91. The third kappa shape index (κ3) is 4.74. The third-order valence-corrected chi connectivity index (χ3v) is 5.61. The summed E-state index contributed by atoms with van der Waals surface area (Å²) in [5.74, 6) is -1.57. The molecule has 0 aliphatic heterocycles. The molecule has 1 heterocycles. The molecule has 3 amide bonds. The van der Waals surface area contributed by atoms with E-state index in [-0.39, 0.29) is 11.3 Å². The smallest absolute Gasteiger partial charge is 0.313 e. The molecular formula is C20H23N3O3S. The molecule has 6 nitrogen and oxygen atoms in total. The fourth-order valence-electron chi connectivity index (χ4n) is 3.58. The molecule has 1 aromatic heterocycles. The predicted octanol–water partition coefficient (Wildman–Crippen LogP) is 3.27. The minimum absolute atomic E-state index is 0.0682. The normalized spacial score (nSPS) is 15.1. The molecule has 27 heavy (non-hydrogen) atoms. The summed E-state index contributed by atoms with van der Waals surface area (Å²) in [4.78, 5) is 35.7. The standard InChI is InChI=1S/C20H23N3O3S/c1-14(24)22-16-5-4-6-17(11-16)23-19(26)18(25)21-13-20(8-2-3-9-20)15-7-10-27-12-15/h4-7,10-12H,2-3,8-9,13H2,1H3,(H,21,25)(H,22,24)(H,23,26). The monoisotopic (exact) mass is 385 g/mol. The first-order valence-electron chi connectivity index (χ1n) is 8.98. The molecule has 1 aliphatic carbocycles. The second-order valence-electron chi connectivity index (χ2n) is 6.90. The molecule has 3 rings (SSSR count). The van der Waals surface area contributed by atoms with E-state index >= 15 is 0 Å². The summed E-state index contributed by atoms with van der Waals surface area (Å²) in [7, 11) is 0. The van der Waals surface area contributed by atoms with Crippen molar-refractivity contribution in [2.45, 2.75) is 38.0 Å². The van der Waals surface area contributed by atoms with Crippen LogP contribution < -0.4 is 16.0 Å². The van der Waals surface area contributed by atoms with Crippen LogP contribution in [0, 0.1) is 0 Å². The molecule has 0 atom stereocenters. The van der Waals surface area contributed by atoms with Crippen molar-refractivity contribution in [3.8, 4) is 0 Å². The first kappa shape index (κ1) is 19.1. The fraction of sp³-hybridized carbons (Fsp3) is 0.350. The number of nitrogens with one attached hydrogen (secondary N) is 3. The number of amides is 3. The van der Waals surface area contributed by atoms with Gasteiger partial charge in [-0.3, -0.25) is 14.4 Å². The second kappa shape index (κ2) is 8.35. The highest BCUT2D eigenvalue weighted by Gasteiger charge is 2.36. The molecule has 1 aliphatic rings. The fourth-order valence-corrected chi connectivity index (χ4v) is 4.36. The van der Waals surface area contributed by atoms with E-state index in [1.807, 2.05) is 5.38 Å². The van der Waals surface area contributed by atoms with E-state index in [1.165, 1.54) is 12.5 Å². The Morgan fingerprint density at radius 2 is 1.74 bits per heavy atom. The van der Waals surface area contributed by atoms with Gasteiger partial charge in [0.05, 0.1) is 0 Å². The highest BCUT2D eigenvalue weighted by atomic mass is 32.1. The van der Waals surface area contributed by atoms with E-state index in [0.717, 1.165) is 25.7 Å². The van der Waals surface area contributed by atoms with Crippen LogP contribution in [0.15, 0.2) is 41.1 Å². The van der Waals surface area contributed by atoms with Crippen molar-refractivity contribution in [1.82, 2.24) is 5.32 Å². The van der Waals surface area contributed by atoms with Crippen LogP contribution in [0.25, 0.3) is 0 Å². The van der Waals surface area contributed by atoms with E-state index in [9.17, 15) is 14.4 Å². The van der Waals surface area contributed by atoms with E-state index in [0.29, 0.717) is 17.9 Å². The van der Waals surface area contributed by atoms with Gasteiger partial charge in [-0.1, -0.05) is 18.9 Å². The maximum absolute atomic E-state index is 12.3. The van der Waals surface area contributed by atoms with Crippen LogP contribution in [-0.2, 0) is 19.8 Å². The number of anilines is 2. The Morgan fingerprint density at radius 1 is 1.04 bits per heavy atom. The molecule has 0 saturated heterocycles. The number of carbonyl (C=O) groups is 3. The van der Waals surface area contributed by atoms with Crippen LogP contribution in [0.5, 0.6) is 0 Å². The Balaban J connectivity index is 1.59. The van der Waals surface area contributed by atoms with Crippen molar-refractivity contribution in [1.29, 1.82) is 0 Å². The molecule has 3 N–H and O–H groups in total. The Bertz CT molecular complexity index is 827. The van der Waals surface area contributed by atoms with E-state index in [1.54, 1.807) is 35.6 Å². The van der Waals surface area contributed by atoms with Gasteiger partial charge in [0.1, 0.15) is 0 Å². The summed E-state index contributed by atoms with van der Waals surface area (Å²) in [6, 6.07) is 8.79. The first-order valence-corrected chi connectivity index (χ1v) is 9.92. The van der Waals surface area contributed by atoms with Gasteiger partial charge in [-0.05, 0) is 53.4 Å². The van der Waals surface area contributed by atoms with Crippen LogP contribution in [0.4, 0.5) is 11.4 Å². The van der Waals surface area contributed by atoms with Crippen LogP contribution >= 0.6 is 11.3 Å². The van der Waals surface area contributed by atoms with Crippen LogP contribution in [0.1, 0.15) is 38.2 Å². The summed E-state index contributed by atoms with van der Waals surface area (Å²) in [6.07, 6.45) is 4.30. The number of rotatable bonds is 5. The first-order chi connectivity index (χ1) is 13.0. The number of thiophene rings is 1. The molecule has 0 spiro atoms. The van der Waals surface area contributed by atoms with Crippen molar-refractivity contribution >= 4 is 40.4 Å². The lowest BCUT2D eigenvalue weighted by atomic mass is 9.80. The summed E-state index contributed by atoms with van der Waals surface area (Å²) in [5.41, 5.74) is 2.19. The summed E-state index contributed by atoms with van der Waals surface area (Å²) >= 11 is 1.65. The zero-order chi connectivity index (χ0) is 19.3. The topological polar surface area (TPSA) is 87.3 Å². The van der Waals surface area contributed by atoms with Crippen LogP contribution in [0.2, 0.25) is 0 Å². The number of hydrogen-bond donors (Lipinski definition) is 3. The van der Waals surface area contributed by atoms with E-state index < -0.39 is 11.8 Å². The molecule has 0 radical (unpaired) electrons. The van der Waals surface area contributed by atoms with Gasteiger partial charge in [0, 0.05) is 30.3 Å². The minimum atomic E-state index is -0.714. The van der Waals surface area contributed by atoms with Crippen LogP contribution in [0.3, 0.4) is 0 Å². The van der Waals surface area contributed by atoms with Gasteiger partial charge >= 0.3 is 11.8 Å². The summed E-state index contributed by atoms with van der Waals surface area (Å²) in [5, 5.41) is 12.2. The van der Waals surface area contributed by atoms with Crippen molar-refractivity contribution in [3.05, 3.63) is 46.7 Å². The van der Waals surface area contributed by atoms with Crippen molar-refractivity contribution in [3.63, 3.8) is 0 Å². The molecular weight excluding hydrogens is 362 g/mol. The summed E-state index contributed by atoms with van der Waals surface area (Å²) in [6.45, 7) is 1.87. The third-order valence-electron chi connectivity index (χ3n) is 4.93. The number of carbonyl (C=O) groups excluding carboxylic acids is 3. The van der Waals surface area contributed by atoms with Crippen molar-refractivity contribution in [2.75, 3.05) is 17.2 Å². The molecule has 0 bridgehead atoms. The highest BCUT2D eigenvalue weighted by Crippen LogP contribution is 2.41. The van der Waals surface area contributed by atoms with Crippen molar-refractivity contribution < 1.29 is 14.4 Å². The minimum Gasteiger partial charge on any atom is -0.347 e. The highest BCUT2D eigenvalue weighted by molar-refractivity contribution is 7.08. The molecule has 1 fully saturated rings. The van der Waals surface area contributed by atoms with E-state index in [4.69, 9.17) is 0 Å². The number of hydrogen-bond acceptors (Lipinski definition) is 4. The second-order valence-corrected chi connectivity index (χ2v) is 7.68. The molecule has 1 aromatic carbocycles. The molecule has 7 heteroatoms. The maximum Gasteiger partial charge on any atom is 0.313 e. The predicted molar refractivity (Wildman–Crippen MR) is 107 cm³/mol. The Morgan fingerprint density at radius 3 is 2.37 bits per heavy atom. The SMILES string of the molecule is CC(=O)Nc1cccc(NC(=O)C(=O)NCC2(c3ccsc3)CCCC2)c1. The Labute approximate surface area is 162 Å². The van der Waals surface area contributed by atoms with Gasteiger partial charge < -0.3 is 16.0 Å². The lowest BCUT2D eigenvalue weighted by Gasteiger charge is -2.28. The average molecular weight is 385 g/mol. The van der Waals surface area contributed by atoms with E-state index in [2.05, 4.69) is 27.4 Å². The summed E-state index contributed by atoms with van der Waals surface area (Å²) < 4.78 is 0. The molecule has 142 valence electrons. The quantitative estimate of drug-likeness (QED) is 0.690. The number of benzene rings is 1. The lowest BCUT2D eigenvalue weighted by molar-refractivity contribution is -0.136. The molecule has 1 saturated carbocycles. The average Bonchev–Trinajstić information content (AvgIpc) is 3.31. The lowest BCUT2D eigenvalue weighted by Crippen LogP contribution is -2.43. The van der Waals surface area contributed by atoms with Crippen LogP contribution in [-0.4, -0.2) is 24.3 Å². The van der Waals surface area contributed by atoms with Gasteiger partial charge in [0.2, 0.25) is 5.91 Å². The van der Waals surface area contributed by atoms with Gasteiger partial charge in [-0.15, -0.1) is 0 Å². The van der Waals surface area contributed by atoms with Gasteiger partial charge in [-0.2, -0.15) is 11.3 Å². The van der Waals surface area contributed by atoms with Crippen molar-refractivity contribution in [2.24, 2.45) is 0 Å².